The summed E-state index contributed by atoms with van der Waals surface area (Å²) in [6.45, 7) is 5.90. The first kappa shape index (κ1) is 23.8. The van der Waals surface area contributed by atoms with Gasteiger partial charge in [0.2, 0.25) is 5.91 Å². The zero-order valence-electron chi connectivity index (χ0n) is 19.1. The van der Waals surface area contributed by atoms with Gasteiger partial charge in [-0.1, -0.05) is 57.0 Å². The van der Waals surface area contributed by atoms with E-state index in [0.717, 1.165) is 36.8 Å². The van der Waals surface area contributed by atoms with Gasteiger partial charge in [-0.15, -0.1) is 0 Å². The molecular weight excluding hydrogens is 407 g/mol. The summed E-state index contributed by atoms with van der Waals surface area (Å²) < 4.78 is 19.2. The first-order valence-electron chi connectivity index (χ1n) is 11.4. The van der Waals surface area contributed by atoms with Crippen LogP contribution in [0.15, 0.2) is 48.5 Å². The Morgan fingerprint density at radius 2 is 1.72 bits per heavy atom. The van der Waals surface area contributed by atoms with Crippen molar-refractivity contribution in [1.82, 2.24) is 10.2 Å². The van der Waals surface area contributed by atoms with E-state index in [4.69, 9.17) is 4.74 Å². The highest BCUT2D eigenvalue weighted by Crippen LogP contribution is 2.26. The van der Waals surface area contributed by atoms with Crippen LogP contribution in [0, 0.1) is 5.82 Å². The number of carbonyl (C=O) groups excluding carboxylic acids is 2. The monoisotopic (exact) mass is 440 g/mol. The van der Waals surface area contributed by atoms with E-state index in [1.807, 2.05) is 24.3 Å². The Labute approximate surface area is 190 Å². The van der Waals surface area contributed by atoms with E-state index in [-0.39, 0.29) is 42.7 Å². The van der Waals surface area contributed by atoms with Gasteiger partial charge in [-0.25, -0.2) is 4.39 Å². The van der Waals surface area contributed by atoms with Crippen molar-refractivity contribution in [3.8, 4) is 5.75 Å². The number of para-hydroxylation sites is 1. The number of ether oxygens (including phenoxy) is 1. The van der Waals surface area contributed by atoms with Crippen LogP contribution < -0.4 is 10.1 Å². The summed E-state index contributed by atoms with van der Waals surface area (Å²) in [5.74, 6) is 0.123. The predicted molar refractivity (Wildman–Crippen MR) is 123 cm³/mol. The van der Waals surface area contributed by atoms with E-state index in [0.29, 0.717) is 5.75 Å². The summed E-state index contributed by atoms with van der Waals surface area (Å²) >= 11 is 0. The van der Waals surface area contributed by atoms with Crippen LogP contribution in [-0.2, 0) is 16.1 Å². The van der Waals surface area contributed by atoms with Crippen LogP contribution in [0.4, 0.5) is 4.39 Å². The predicted octanol–water partition coefficient (Wildman–Crippen LogP) is 4.80. The summed E-state index contributed by atoms with van der Waals surface area (Å²) in [5, 5.41) is 3.07. The molecule has 1 aliphatic carbocycles. The van der Waals surface area contributed by atoms with Crippen LogP contribution in [0.5, 0.6) is 5.75 Å². The van der Waals surface area contributed by atoms with Gasteiger partial charge in [0.25, 0.3) is 5.91 Å². The highest BCUT2D eigenvalue weighted by Gasteiger charge is 2.29. The zero-order valence-corrected chi connectivity index (χ0v) is 19.1. The number of benzene rings is 2. The van der Waals surface area contributed by atoms with Gasteiger partial charge in [-0.3, -0.25) is 9.59 Å². The maximum Gasteiger partial charge on any atom is 0.261 e. The average molecular weight is 441 g/mol. The second kappa shape index (κ2) is 11.1. The molecule has 2 aromatic carbocycles. The summed E-state index contributed by atoms with van der Waals surface area (Å²) in [6.07, 6.45) is 4.17. The fourth-order valence-electron chi connectivity index (χ4n) is 4.07. The van der Waals surface area contributed by atoms with Crippen LogP contribution in [0.2, 0.25) is 0 Å². The molecule has 1 saturated carbocycles. The quantitative estimate of drug-likeness (QED) is 0.609. The Kier molecular flexibility index (Phi) is 8.26. The van der Waals surface area contributed by atoms with Gasteiger partial charge in [0.05, 0.1) is 0 Å². The first-order valence-corrected chi connectivity index (χ1v) is 11.4. The molecule has 1 fully saturated rings. The molecule has 0 bridgehead atoms. The standard InChI is InChI=1S/C26H33FN2O3/c1-18(2)23-10-6-7-11-24(23)32-17-25(30)29(16-20-12-14-21(27)15-13-20)19(3)26(31)28-22-8-4-5-9-22/h6-7,10-15,18-19,22H,4-5,8-9,16-17H2,1-3H3,(H,28,31)/t19-/m0/s1. The second-order valence-electron chi connectivity index (χ2n) is 8.80. The molecule has 0 heterocycles. The van der Waals surface area contributed by atoms with Gasteiger partial charge in [-0.2, -0.15) is 0 Å². The number of nitrogens with one attached hydrogen (secondary N) is 1. The van der Waals surface area contributed by atoms with E-state index in [1.165, 1.54) is 17.0 Å². The lowest BCUT2D eigenvalue weighted by atomic mass is 10.0. The minimum absolute atomic E-state index is 0.168. The Hall–Kier alpha value is -2.89. The topological polar surface area (TPSA) is 58.6 Å². The number of rotatable bonds is 9. The van der Waals surface area contributed by atoms with E-state index in [2.05, 4.69) is 19.2 Å². The van der Waals surface area contributed by atoms with Gasteiger partial charge >= 0.3 is 0 Å². The third-order valence-corrected chi connectivity index (χ3v) is 6.03. The van der Waals surface area contributed by atoms with Crippen molar-refractivity contribution < 1.29 is 18.7 Å². The van der Waals surface area contributed by atoms with Gasteiger partial charge in [-0.05, 0) is 55.0 Å². The van der Waals surface area contributed by atoms with Crippen molar-refractivity contribution in [1.29, 1.82) is 0 Å². The van der Waals surface area contributed by atoms with Crippen molar-refractivity contribution in [3.05, 3.63) is 65.5 Å². The van der Waals surface area contributed by atoms with Crippen molar-refractivity contribution in [2.45, 2.75) is 71.0 Å². The maximum absolute atomic E-state index is 13.3. The maximum atomic E-state index is 13.3. The van der Waals surface area contributed by atoms with Gasteiger partial charge < -0.3 is 15.0 Å². The Morgan fingerprint density at radius 1 is 1.06 bits per heavy atom. The zero-order chi connectivity index (χ0) is 23.1. The number of hydrogen-bond acceptors (Lipinski definition) is 3. The molecular formula is C26H33FN2O3. The minimum atomic E-state index is -0.669. The molecule has 5 nitrogen and oxygen atoms in total. The van der Waals surface area contributed by atoms with Gasteiger partial charge in [0, 0.05) is 12.6 Å². The van der Waals surface area contributed by atoms with E-state index >= 15 is 0 Å². The van der Waals surface area contributed by atoms with Crippen molar-refractivity contribution >= 4 is 11.8 Å². The van der Waals surface area contributed by atoms with Crippen LogP contribution in [0.1, 0.15) is 63.5 Å². The van der Waals surface area contributed by atoms with Gasteiger partial charge in [0.1, 0.15) is 17.6 Å². The smallest absolute Gasteiger partial charge is 0.261 e. The largest absolute Gasteiger partial charge is 0.483 e. The fourth-order valence-corrected chi connectivity index (χ4v) is 4.07. The SMILES string of the molecule is CC(C)c1ccccc1OCC(=O)N(Cc1ccc(F)cc1)[C@@H](C)C(=O)NC1CCCC1. The summed E-state index contributed by atoms with van der Waals surface area (Å²) in [7, 11) is 0. The molecule has 2 aromatic rings. The van der Waals surface area contributed by atoms with E-state index in [9.17, 15) is 14.0 Å². The average Bonchev–Trinajstić information content (AvgIpc) is 3.29. The number of hydrogen-bond donors (Lipinski definition) is 1. The lowest BCUT2D eigenvalue weighted by Gasteiger charge is -2.30. The fraction of sp³-hybridized carbons (Fsp3) is 0.462. The van der Waals surface area contributed by atoms with Crippen LogP contribution in [0.25, 0.3) is 0 Å². The van der Waals surface area contributed by atoms with Crippen LogP contribution in [0.3, 0.4) is 0 Å². The highest BCUT2D eigenvalue weighted by molar-refractivity contribution is 5.88. The minimum Gasteiger partial charge on any atom is -0.483 e. The summed E-state index contributed by atoms with van der Waals surface area (Å²) in [4.78, 5) is 27.6. The molecule has 3 rings (SSSR count). The molecule has 0 unspecified atom stereocenters. The molecule has 6 heteroatoms. The summed E-state index contributed by atoms with van der Waals surface area (Å²) in [5.41, 5.74) is 1.78. The lowest BCUT2D eigenvalue weighted by Crippen LogP contribution is -2.50. The number of nitrogens with zero attached hydrogens (tertiary/aromatic N) is 1. The number of amides is 2. The normalized spacial score (nSPS) is 14.9. The van der Waals surface area contributed by atoms with E-state index < -0.39 is 6.04 Å². The number of halogens is 1. The molecule has 0 saturated heterocycles. The van der Waals surface area contributed by atoms with Crippen molar-refractivity contribution in [2.75, 3.05) is 6.61 Å². The molecule has 1 aliphatic rings. The van der Waals surface area contributed by atoms with Crippen LogP contribution >= 0.6 is 0 Å². The lowest BCUT2D eigenvalue weighted by molar-refractivity contribution is -0.142. The van der Waals surface area contributed by atoms with Crippen molar-refractivity contribution in [3.63, 3.8) is 0 Å². The second-order valence-corrected chi connectivity index (χ2v) is 8.80. The molecule has 2 amide bonds. The van der Waals surface area contributed by atoms with Gasteiger partial charge in [0.15, 0.2) is 6.61 Å². The summed E-state index contributed by atoms with van der Waals surface area (Å²) in [6, 6.07) is 13.1. The molecule has 1 N–H and O–H groups in total. The molecule has 0 radical (unpaired) electrons. The molecule has 172 valence electrons. The number of carbonyl (C=O) groups is 2. The first-order chi connectivity index (χ1) is 15.3. The Balaban J connectivity index is 1.73. The molecule has 0 spiro atoms. The third-order valence-electron chi connectivity index (χ3n) is 6.03. The van der Waals surface area contributed by atoms with Crippen molar-refractivity contribution in [2.24, 2.45) is 0 Å². The molecule has 32 heavy (non-hydrogen) atoms. The Morgan fingerprint density at radius 3 is 2.38 bits per heavy atom. The highest BCUT2D eigenvalue weighted by atomic mass is 19.1. The molecule has 0 aliphatic heterocycles. The Bertz CT molecular complexity index is 908. The molecule has 0 aromatic heterocycles. The van der Waals surface area contributed by atoms with Crippen LogP contribution in [-0.4, -0.2) is 35.4 Å². The molecule has 1 atom stereocenters. The van der Waals surface area contributed by atoms with E-state index in [1.54, 1.807) is 19.1 Å². The third kappa shape index (κ3) is 6.31.